The maximum Gasteiger partial charge on any atom is 0.0474 e. The highest BCUT2D eigenvalue weighted by atomic mass is 15.4. The molecule has 3 aliphatic heterocycles. The first-order valence-corrected chi connectivity index (χ1v) is 8.67. The molecular weight excluding hydrogens is 248 g/mol. The largest absolute Gasteiger partial charge is 0.329 e. The van der Waals surface area contributed by atoms with Gasteiger partial charge in [-0.3, -0.25) is 14.7 Å². The van der Waals surface area contributed by atoms with Gasteiger partial charge in [0.25, 0.3) is 0 Å². The summed E-state index contributed by atoms with van der Waals surface area (Å²) in [6, 6.07) is 2.38. The van der Waals surface area contributed by atoms with E-state index in [9.17, 15) is 0 Å². The first-order chi connectivity index (χ1) is 9.72. The van der Waals surface area contributed by atoms with Crippen LogP contribution in [0.15, 0.2) is 0 Å². The van der Waals surface area contributed by atoms with Crippen molar-refractivity contribution in [3.8, 4) is 0 Å². The number of fused-ring (bicyclic) bond motifs is 1. The summed E-state index contributed by atoms with van der Waals surface area (Å²) in [5.41, 5.74) is 6.57. The highest BCUT2D eigenvalue weighted by Gasteiger charge is 2.49. The Balaban J connectivity index is 1.51. The number of nitrogens with zero attached hydrogens (tertiary/aromatic N) is 3. The van der Waals surface area contributed by atoms with E-state index in [0.717, 1.165) is 18.6 Å². The van der Waals surface area contributed by atoms with Crippen LogP contribution in [0.1, 0.15) is 39.0 Å². The second-order valence-electron chi connectivity index (χ2n) is 7.67. The molecule has 3 saturated heterocycles. The van der Waals surface area contributed by atoms with Crippen LogP contribution in [0, 0.1) is 0 Å². The van der Waals surface area contributed by atoms with E-state index < -0.39 is 0 Å². The minimum Gasteiger partial charge on any atom is -0.329 e. The van der Waals surface area contributed by atoms with Gasteiger partial charge in [-0.05, 0) is 45.6 Å². The Morgan fingerprint density at radius 1 is 1.05 bits per heavy atom. The number of hydrogen-bond donors (Lipinski definition) is 1. The first kappa shape index (κ1) is 13.5. The lowest BCUT2D eigenvalue weighted by molar-refractivity contribution is -0.0166. The number of nitrogens with two attached hydrogens (primary N) is 1. The number of piperazine rings is 1. The van der Waals surface area contributed by atoms with E-state index in [1.165, 1.54) is 64.8 Å². The second-order valence-corrected chi connectivity index (χ2v) is 7.67. The van der Waals surface area contributed by atoms with Crippen LogP contribution in [0.3, 0.4) is 0 Å². The van der Waals surface area contributed by atoms with Gasteiger partial charge in [-0.1, -0.05) is 0 Å². The van der Waals surface area contributed by atoms with Gasteiger partial charge < -0.3 is 5.73 Å². The minimum atomic E-state index is 0.274. The van der Waals surface area contributed by atoms with Crippen molar-refractivity contribution in [1.82, 2.24) is 14.7 Å². The number of likely N-dealkylation sites (tertiary alicyclic amines) is 1. The van der Waals surface area contributed by atoms with Crippen LogP contribution < -0.4 is 5.73 Å². The first-order valence-electron chi connectivity index (χ1n) is 8.67. The van der Waals surface area contributed by atoms with Crippen LogP contribution >= 0.6 is 0 Å². The lowest BCUT2D eigenvalue weighted by Gasteiger charge is -2.51. The van der Waals surface area contributed by atoms with Gasteiger partial charge in [0.15, 0.2) is 0 Å². The van der Waals surface area contributed by atoms with Crippen LogP contribution in [-0.2, 0) is 0 Å². The molecule has 4 fully saturated rings. The van der Waals surface area contributed by atoms with Gasteiger partial charge in [-0.25, -0.2) is 0 Å². The fraction of sp³-hybridized carbons (Fsp3) is 1.00. The zero-order chi connectivity index (χ0) is 13.7. The summed E-state index contributed by atoms with van der Waals surface area (Å²) in [4.78, 5) is 8.25. The molecule has 0 amide bonds. The average Bonchev–Trinajstić information content (AvgIpc) is 3.05. The highest BCUT2D eigenvalue weighted by molar-refractivity contribution is 5.07. The Morgan fingerprint density at radius 3 is 2.65 bits per heavy atom. The molecular formula is C16H30N4. The fourth-order valence-corrected chi connectivity index (χ4v) is 5.01. The van der Waals surface area contributed by atoms with Crippen molar-refractivity contribution in [2.45, 2.75) is 62.7 Å². The summed E-state index contributed by atoms with van der Waals surface area (Å²) in [7, 11) is 0. The molecule has 2 N–H and O–H groups in total. The molecule has 4 rings (SSSR count). The quantitative estimate of drug-likeness (QED) is 0.825. The van der Waals surface area contributed by atoms with Gasteiger partial charge >= 0.3 is 0 Å². The number of rotatable bonds is 3. The van der Waals surface area contributed by atoms with Gasteiger partial charge in [0.2, 0.25) is 0 Å². The predicted octanol–water partition coefficient (Wildman–Crippen LogP) is 0.721. The molecule has 20 heavy (non-hydrogen) atoms. The molecule has 1 saturated carbocycles. The molecule has 3 heterocycles. The van der Waals surface area contributed by atoms with E-state index >= 15 is 0 Å². The van der Waals surface area contributed by atoms with E-state index in [4.69, 9.17) is 5.73 Å². The Morgan fingerprint density at radius 2 is 1.90 bits per heavy atom. The normalized spacial score (nSPS) is 44.1. The minimum absolute atomic E-state index is 0.274. The molecule has 0 aromatic carbocycles. The molecule has 4 aliphatic rings. The monoisotopic (exact) mass is 278 g/mol. The van der Waals surface area contributed by atoms with Crippen molar-refractivity contribution in [1.29, 1.82) is 0 Å². The maximum absolute atomic E-state index is 6.30. The molecule has 0 bridgehead atoms. The van der Waals surface area contributed by atoms with E-state index in [-0.39, 0.29) is 5.54 Å². The summed E-state index contributed by atoms with van der Waals surface area (Å²) >= 11 is 0. The number of hydrogen-bond acceptors (Lipinski definition) is 4. The van der Waals surface area contributed by atoms with Crippen LogP contribution in [0.4, 0.5) is 0 Å². The molecule has 0 aromatic heterocycles. The Bertz CT molecular complexity index is 369. The summed E-state index contributed by atoms with van der Waals surface area (Å²) in [6.07, 6.45) is 6.93. The van der Waals surface area contributed by atoms with E-state index in [1.807, 2.05) is 0 Å². The van der Waals surface area contributed by atoms with Crippen molar-refractivity contribution in [3.63, 3.8) is 0 Å². The molecule has 114 valence electrons. The Hall–Kier alpha value is -0.160. The third-order valence-corrected chi connectivity index (χ3v) is 6.35. The van der Waals surface area contributed by atoms with Crippen LogP contribution in [0.25, 0.3) is 0 Å². The van der Waals surface area contributed by atoms with Gasteiger partial charge in [-0.2, -0.15) is 0 Å². The zero-order valence-electron chi connectivity index (χ0n) is 12.9. The molecule has 3 atom stereocenters. The summed E-state index contributed by atoms with van der Waals surface area (Å²) < 4.78 is 0. The fourth-order valence-electron chi connectivity index (χ4n) is 5.01. The standard InChI is InChI=1S/C16H30N4/c1-13-9-18-7-2-3-15(18)10-20(13)16(11-17)6-8-19(12-16)14-4-5-14/h13-15H,2-12,17H2,1H3. The Kier molecular flexibility index (Phi) is 3.33. The molecule has 0 radical (unpaired) electrons. The molecule has 1 aliphatic carbocycles. The smallest absolute Gasteiger partial charge is 0.0474 e. The molecule has 4 nitrogen and oxygen atoms in total. The van der Waals surface area contributed by atoms with Gasteiger partial charge in [0, 0.05) is 56.4 Å². The SMILES string of the molecule is CC1CN2CCCC2CN1C1(CN)CCN(C2CC2)C1. The molecule has 4 heteroatoms. The Labute approximate surface area is 123 Å². The van der Waals surface area contributed by atoms with Crippen molar-refractivity contribution in [2.75, 3.05) is 39.3 Å². The van der Waals surface area contributed by atoms with Crippen LogP contribution in [0.5, 0.6) is 0 Å². The van der Waals surface area contributed by atoms with Crippen molar-refractivity contribution < 1.29 is 0 Å². The third-order valence-electron chi connectivity index (χ3n) is 6.35. The molecule has 3 unspecified atom stereocenters. The average molecular weight is 278 g/mol. The van der Waals surface area contributed by atoms with Crippen LogP contribution in [0.2, 0.25) is 0 Å². The van der Waals surface area contributed by atoms with Crippen molar-refractivity contribution >= 4 is 0 Å². The van der Waals surface area contributed by atoms with Gasteiger partial charge in [0.05, 0.1) is 0 Å². The highest BCUT2D eigenvalue weighted by Crippen LogP contribution is 2.38. The summed E-state index contributed by atoms with van der Waals surface area (Å²) in [5.74, 6) is 0. The summed E-state index contributed by atoms with van der Waals surface area (Å²) in [6.45, 7) is 9.61. The molecule has 0 aromatic rings. The maximum atomic E-state index is 6.30. The topological polar surface area (TPSA) is 35.7 Å². The van der Waals surface area contributed by atoms with Crippen molar-refractivity contribution in [2.24, 2.45) is 5.73 Å². The van der Waals surface area contributed by atoms with E-state index in [2.05, 4.69) is 21.6 Å². The summed E-state index contributed by atoms with van der Waals surface area (Å²) in [5, 5.41) is 0. The van der Waals surface area contributed by atoms with Crippen LogP contribution in [-0.4, -0.2) is 77.6 Å². The van der Waals surface area contributed by atoms with E-state index in [0.29, 0.717) is 6.04 Å². The second kappa shape index (κ2) is 4.94. The molecule has 0 spiro atoms. The lowest BCUT2D eigenvalue weighted by atomic mass is 9.91. The van der Waals surface area contributed by atoms with E-state index in [1.54, 1.807) is 0 Å². The van der Waals surface area contributed by atoms with Crippen molar-refractivity contribution in [3.05, 3.63) is 0 Å². The third kappa shape index (κ3) is 2.12. The lowest BCUT2D eigenvalue weighted by Crippen LogP contribution is -2.66. The zero-order valence-corrected chi connectivity index (χ0v) is 12.9. The van der Waals surface area contributed by atoms with Gasteiger partial charge in [-0.15, -0.1) is 0 Å². The van der Waals surface area contributed by atoms with Gasteiger partial charge in [0.1, 0.15) is 0 Å². The predicted molar refractivity (Wildman–Crippen MR) is 81.8 cm³/mol.